The molecular formula is C18H19FN2O4S. The second-order valence-corrected chi connectivity index (χ2v) is 7.82. The fourth-order valence-electron chi connectivity index (χ4n) is 2.87. The van der Waals surface area contributed by atoms with Crippen LogP contribution < -0.4 is 4.90 Å². The predicted molar refractivity (Wildman–Crippen MR) is 95.2 cm³/mol. The number of hydrogen-bond donors (Lipinski definition) is 0. The van der Waals surface area contributed by atoms with Gasteiger partial charge >= 0.3 is 5.97 Å². The summed E-state index contributed by atoms with van der Waals surface area (Å²) in [5.41, 5.74) is 1.17. The molecule has 1 saturated heterocycles. The van der Waals surface area contributed by atoms with Crippen molar-refractivity contribution in [1.82, 2.24) is 4.31 Å². The molecule has 0 bridgehead atoms. The fourth-order valence-corrected chi connectivity index (χ4v) is 4.29. The lowest BCUT2D eigenvalue weighted by atomic mass is 10.2. The third kappa shape index (κ3) is 3.71. The first-order chi connectivity index (χ1) is 12.4. The summed E-state index contributed by atoms with van der Waals surface area (Å²) in [6, 6.07) is 11.8. The second-order valence-electron chi connectivity index (χ2n) is 5.88. The first-order valence-corrected chi connectivity index (χ1v) is 9.55. The molecule has 138 valence electrons. The van der Waals surface area contributed by atoms with Crippen LogP contribution >= 0.6 is 0 Å². The molecule has 0 spiro atoms. The number of methoxy groups -OCH3 is 1. The van der Waals surface area contributed by atoms with Crippen LogP contribution in [0, 0.1) is 5.82 Å². The topological polar surface area (TPSA) is 66.9 Å². The van der Waals surface area contributed by atoms with Gasteiger partial charge in [-0.2, -0.15) is 4.31 Å². The maximum Gasteiger partial charge on any atom is 0.337 e. The summed E-state index contributed by atoms with van der Waals surface area (Å²) in [7, 11) is -2.36. The van der Waals surface area contributed by atoms with Crippen LogP contribution in [0.1, 0.15) is 10.4 Å². The number of anilines is 1. The van der Waals surface area contributed by atoms with E-state index in [1.165, 1.54) is 47.8 Å². The summed E-state index contributed by atoms with van der Waals surface area (Å²) in [5.74, 6) is -0.813. The molecule has 0 unspecified atom stereocenters. The van der Waals surface area contributed by atoms with Crippen molar-refractivity contribution in [3.8, 4) is 0 Å². The number of sulfonamides is 1. The number of nitrogens with zero attached hydrogens (tertiary/aromatic N) is 2. The molecule has 0 N–H and O–H groups in total. The molecule has 1 aliphatic heterocycles. The lowest BCUT2D eigenvalue weighted by Crippen LogP contribution is -2.48. The Bertz CT molecular complexity index is 874. The van der Waals surface area contributed by atoms with Gasteiger partial charge in [0.2, 0.25) is 10.0 Å². The Balaban J connectivity index is 1.69. The van der Waals surface area contributed by atoms with E-state index in [2.05, 4.69) is 4.74 Å². The lowest BCUT2D eigenvalue weighted by molar-refractivity contribution is 0.0600. The van der Waals surface area contributed by atoms with E-state index in [4.69, 9.17) is 0 Å². The second kappa shape index (κ2) is 7.43. The third-order valence-electron chi connectivity index (χ3n) is 4.34. The predicted octanol–water partition coefficient (Wildman–Crippen LogP) is 2.12. The average molecular weight is 378 g/mol. The summed E-state index contributed by atoms with van der Waals surface area (Å²) < 4.78 is 44.6. The summed E-state index contributed by atoms with van der Waals surface area (Å²) in [6.45, 7) is 1.70. The quantitative estimate of drug-likeness (QED) is 0.763. The standard InChI is InChI=1S/C18H19FN2O4S/c1-25-18(22)14-2-8-17(9-3-14)26(23,24)21-12-10-20(11-13-21)16-6-4-15(19)5-7-16/h2-9H,10-13H2,1H3. The van der Waals surface area contributed by atoms with Crippen molar-refractivity contribution >= 4 is 21.7 Å². The van der Waals surface area contributed by atoms with E-state index in [1.807, 2.05) is 4.90 Å². The zero-order valence-electron chi connectivity index (χ0n) is 14.3. The Labute approximate surface area is 151 Å². The van der Waals surface area contributed by atoms with Gasteiger partial charge < -0.3 is 9.64 Å². The van der Waals surface area contributed by atoms with Crippen LogP contribution in [0.4, 0.5) is 10.1 Å². The number of esters is 1. The van der Waals surface area contributed by atoms with Crippen LogP contribution in [-0.2, 0) is 14.8 Å². The van der Waals surface area contributed by atoms with Crippen molar-refractivity contribution in [1.29, 1.82) is 0 Å². The molecule has 0 aromatic heterocycles. The first kappa shape index (κ1) is 18.3. The molecule has 0 radical (unpaired) electrons. The molecule has 1 fully saturated rings. The van der Waals surface area contributed by atoms with Crippen LogP contribution in [0.2, 0.25) is 0 Å². The number of ether oxygens (including phenoxy) is 1. The number of benzene rings is 2. The summed E-state index contributed by atoms with van der Waals surface area (Å²) in [4.78, 5) is 13.6. The maximum absolute atomic E-state index is 13.0. The minimum atomic E-state index is -3.63. The van der Waals surface area contributed by atoms with Gasteiger partial charge in [0.15, 0.2) is 0 Å². The van der Waals surface area contributed by atoms with Crippen molar-refractivity contribution < 1.29 is 22.3 Å². The Hall–Kier alpha value is -2.45. The molecule has 1 aliphatic rings. The molecule has 0 aliphatic carbocycles. The smallest absolute Gasteiger partial charge is 0.337 e. The number of carbonyl (C=O) groups excluding carboxylic acids is 1. The van der Waals surface area contributed by atoms with Crippen molar-refractivity contribution in [3.63, 3.8) is 0 Å². The zero-order chi connectivity index (χ0) is 18.7. The molecule has 6 nitrogen and oxygen atoms in total. The van der Waals surface area contributed by atoms with Crippen molar-refractivity contribution in [2.45, 2.75) is 4.90 Å². The van der Waals surface area contributed by atoms with E-state index in [9.17, 15) is 17.6 Å². The van der Waals surface area contributed by atoms with Crippen molar-refractivity contribution in [2.75, 3.05) is 38.2 Å². The van der Waals surface area contributed by atoms with Gasteiger partial charge in [0.25, 0.3) is 0 Å². The number of hydrogen-bond acceptors (Lipinski definition) is 5. The molecule has 26 heavy (non-hydrogen) atoms. The molecule has 3 rings (SSSR count). The zero-order valence-corrected chi connectivity index (χ0v) is 15.1. The Kier molecular flexibility index (Phi) is 5.24. The number of halogens is 1. The van der Waals surface area contributed by atoms with Gasteiger partial charge in [-0.15, -0.1) is 0 Å². The summed E-state index contributed by atoms with van der Waals surface area (Å²) in [6.07, 6.45) is 0. The third-order valence-corrected chi connectivity index (χ3v) is 6.26. The van der Waals surface area contributed by atoms with Gasteiger partial charge in [-0.05, 0) is 48.5 Å². The van der Waals surface area contributed by atoms with E-state index in [1.54, 1.807) is 12.1 Å². The van der Waals surface area contributed by atoms with E-state index in [-0.39, 0.29) is 10.7 Å². The molecule has 2 aromatic carbocycles. The average Bonchev–Trinajstić information content (AvgIpc) is 2.68. The van der Waals surface area contributed by atoms with E-state index < -0.39 is 16.0 Å². The normalized spacial score (nSPS) is 15.7. The highest BCUT2D eigenvalue weighted by Crippen LogP contribution is 2.22. The molecule has 0 amide bonds. The minimum Gasteiger partial charge on any atom is -0.465 e. The molecule has 1 heterocycles. The van der Waals surface area contributed by atoms with Gasteiger partial charge in [-0.1, -0.05) is 0 Å². The van der Waals surface area contributed by atoms with Gasteiger partial charge in [0.05, 0.1) is 17.6 Å². The monoisotopic (exact) mass is 378 g/mol. The van der Waals surface area contributed by atoms with Gasteiger partial charge in [-0.25, -0.2) is 17.6 Å². The SMILES string of the molecule is COC(=O)c1ccc(S(=O)(=O)N2CCN(c3ccc(F)cc3)CC2)cc1. The largest absolute Gasteiger partial charge is 0.465 e. The molecule has 0 saturated carbocycles. The van der Waals surface area contributed by atoms with Gasteiger partial charge in [0, 0.05) is 31.9 Å². The fraction of sp³-hybridized carbons (Fsp3) is 0.278. The lowest BCUT2D eigenvalue weighted by Gasteiger charge is -2.35. The molecule has 0 atom stereocenters. The number of carbonyl (C=O) groups is 1. The van der Waals surface area contributed by atoms with Crippen molar-refractivity contribution in [3.05, 3.63) is 59.9 Å². The number of piperazine rings is 1. The highest BCUT2D eigenvalue weighted by Gasteiger charge is 2.28. The highest BCUT2D eigenvalue weighted by atomic mass is 32.2. The van der Waals surface area contributed by atoms with Crippen LogP contribution in [0.15, 0.2) is 53.4 Å². The molecule has 2 aromatic rings. The van der Waals surface area contributed by atoms with Crippen LogP contribution in [-0.4, -0.2) is 52.0 Å². The Morgan fingerprint density at radius 1 is 0.962 bits per heavy atom. The Morgan fingerprint density at radius 3 is 2.08 bits per heavy atom. The summed E-state index contributed by atoms with van der Waals surface area (Å²) >= 11 is 0. The Morgan fingerprint density at radius 2 is 1.54 bits per heavy atom. The maximum atomic E-state index is 13.0. The van der Waals surface area contributed by atoms with Crippen LogP contribution in [0.5, 0.6) is 0 Å². The minimum absolute atomic E-state index is 0.139. The van der Waals surface area contributed by atoms with Crippen molar-refractivity contribution in [2.24, 2.45) is 0 Å². The van der Waals surface area contributed by atoms with E-state index in [0.717, 1.165) is 5.69 Å². The first-order valence-electron chi connectivity index (χ1n) is 8.11. The summed E-state index contributed by atoms with van der Waals surface area (Å²) in [5, 5.41) is 0. The van der Waals surface area contributed by atoms with Gasteiger partial charge in [0.1, 0.15) is 5.82 Å². The van der Waals surface area contributed by atoms with E-state index >= 15 is 0 Å². The number of rotatable bonds is 4. The highest BCUT2D eigenvalue weighted by molar-refractivity contribution is 7.89. The molecule has 8 heteroatoms. The van der Waals surface area contributed by atoms with Crippen LogP contribution in [0.25, 0.3) is 0 Å². The molecular weight excluding hydrogens is 359 g/mol. The van der Waals surface area contributed by atoms with E-state index in [0.29, 0.717) is 31.7 Å². The van der Waals surface area contributed by atoms with Gasteiger partial charge in [-0.3, -0.25) is 0 Å². The van der Waals surface area contributed by atoms with Crippen LogP contribution in [0.3, 0.4) is 0 Å².